The first kappa shape index (κ1) is 4.81. The molecule has 36 valence electrons. The summed E-state index contributed by atoms with van der Waals surface area (Å²) in [6.07, 6.45) is 0. The number of nitrogens with one attached hydrogen (secondary N) is 1. The SMILES string of the molecule is SC1CSCN1. The molecule has 0 aromatic carbocycles. The third kappa shape index (κ3) is 1.06. The molecular formula is C3H7NS2. The van der Waals surface area contributed by atoms with Gasteiger partial charge in [-0.3, -0.25) is 5.32 Å². The lowest BCUT2D eigenvalue weighted by Gasteiger charge is -1.92. The van der Waals surface area contributed by atoms with Gasteiger partial charge in [0.25, 0.3) is 0 Å². The second kappa shape index (κ2) is 2.09. The zero-order valence-corrected chi connectivity index (χ0v) is 5.06. The van der Waals surface area contributed by atoms with E-state index in [1.807, 2.05) is 11.8 Å². The van der Waals surface area contributed by atoms with Crippen LogP contribution in [-0.2, 0) is 0 Å². The molecule has 1 aliphatic heterocycles. The van der Waals surface area contributed by atoms with Crippen LogP contribution in [0, 0.1) is 0 Å². The van der Waals surface area contributed by atoms with Crippen molar-refractivity contribution in [3.63, 3.8) is 0 Å². The van der Waals surface area contributed by atoms with E-state index in [0.717, 1.165) is 11.6 Å². The van der Waals surface area contributed by atoms with E-state index in [2.05, 4.69) is 17.9 Å². The quantitative estimate of drug-likeness (QED) is 0.454. The van der Waals surface area contributed by atoms with Gasteiger partial charge in [-0.25, -0.2) is 0 Å². The Labute approximate surface area is 47.3 Å². The molecule has 3 heteroatoms. The van der Waals surface area contributed by atoms with E-state index in [4.69, 9.17) is 0 Å². The Kier molecular flexibility index (Phi) is 1.68. The molecule has 0 aromatic heterocycles. The summed E-state index contributed by atoms with van der Waals surface area (Å²) < 4.78 is 0. The van der Waals surface area contributed by atoms with Gasteiger partial charge in [0.15, 0.2) is 0 Å². The highest BCUT2D eigenvalue weighted by atomic mass is 32.2. The van der Waals surface area contributed by atoms with Crippen molar-refractivity contribution in [3.8, 4) is 0 Å². The van der Waals surface area contributed by atoms with Crippen LogP contribution in [0.15, 0.2) is 0 Å². The first-order valence-electron chi connectivity index (χ1n) is 1.89. The second-order valence-electron chi connectivity index (χ2n) is 1.24. The molecule has 1 nitrogen and oxygen atoms in total. The van der Waals surface area contributed by atoms with Crippen LogP contribution in [0.2, 0.25) is 0 Å². The molecule has 1 atom stereocenters. The van der Waals surface area contributed by atoms with Gasteiger partial charge in [-0.05, 0) is 0 Å². The van der Waals surface area contributed by atoms with E-state index in [-0.39, 0.29) is 0 Å². The van der Waals surface area contributed by atoms with Gasteiger partial charge in [0.2, 0.25) is 0 Å². The van der Waals surface area contributed by atoms with Gasteiger partial charge in [0, 0.05) is 11.6 Å². The Bertz CT molecular complexity index is 42.1. The topological polar surface area (TPSA) is 12.0 Å². The smallest absolute Gasteiger partial charge is 0.0601 e. The average molecular weight is 121 g/mol. The van der Waals surface area contributed by atoms with E-state index in [0.29, 0.717) is 5.37 Å². The highest BCUT2D eigenvalue weighted by molar-refractivity contribution is 8.00. The summed E-state index contributed by atoms with van der Waals surface area (Å²) in [5, 5.41) is 3.60. The van der Waals surface area contributed by atoms with Crippen molar-refractivity contribution >= 4 is 24.4 Å². The van der Waals surface area contributed by atoms with E-state index < -0.39 is 0 Å². The fraction of sp³-hybridized carbons (Fsp3) is 1.00. The van der Waals surface area contributed by atoms with Crippen LogP contribution in [-0.4, -0.2) is 17.0 Å². The molecule has 1 rings (SSSR count). The van der Waals surface area contributed by atoms with Gasteiger partial charge in [-0.1, -0.05) is 0 Å². The van der Waals surface area contributed by atoms with Gasteiger partial charge in [-0.15, -0.1) is 11.8 Å². The summed E-state index contributed by atoms with van der Waals surface area (Å²) in [6.45, 7) is 0. The molecule has 0 aliphatic carbocycles. The molecule has 0 bridgehead atoms. The number of hydrogen-bond donors (Lipinski definition) is 2. The van der Waals surface area contributed by atoms with Gasteiger partial charge in [-0.2, -0.15) is 12.6 Å². The largest absolute Gasteiger partial charge is 0.296 e. The Morgan fingerprint density at radius 3 is 2.83 bits per heavy atom. The Hall–Kier alpha value is 0.660. The normalized spacial score (nSPS) is 34.5. The lowest BCUT2D eigenvalue weighted by atomic mass is 10.8. The number of thiol groups is 1. The average Bonchev–Trinajstić information content (AvgIpc) is 1.86. The highest BCUT2D eigenvalue weighted by Gasteiger charge is 2.06. The molecule has 0 amide bonds. The minimum Gasteiger partial charge on any atom is -0.296 e. The maximum absolute atomic E-state index is 4.16. The first-order valence-corrected chi connectivity index (χ1v) is 3.56. The molecule has 1 aliphatic rings. The summed E-state index contributed by atoms with van der Waals surface area (Å²) in [5.41, 5.74) is 0. The Morgan fingerprint density at radius 1 is 1.83 bits per heavy atom. The zero-order valence-electron chi connectivity index (χ0n) is 3.35. The van der Waals surface area contributed by atoms with Crippen molar-refractivity contribution in [2.75, 3.05) is 11.6 Å². The standard InChI is InChI=1S/C3H7NS2/c5-3-1-6-2-4-3/h3-5H,1-2H2. The molecule has 1 N–H and O–H groups in total. The fourth-order valence-electron chi connectivity index (χ4n) is 0.385. The van der Waals surface area contributed by atoms with Crippen LogP contribution in [0.1, 0.15) is 0 Å². The highest BCUT2D eigenvalue weighted by Crippen LogP contribution is 2.10. The van der Waals surface area contributed by atoms with Crippen LogP contribution in [0.4, 0.5) is 0 Å². The molecular weight excluding hydrogens is 114 g/mol. The third-order valence-electron chi connectivity index (χ3n) is 0.697. The molecule has 1 fully saturated rings. The first-order chi connectivity index (χ1) is 2.89. The van der Waals surface area contributed by atoms with Crippen molar-refractivity contribution in [1.82, 2.24) is 5.32 Å². The summed E-state index contributed by atoms with van der Waals surface area (Å²) in [5.74, 6) is 2.23. The number of thioether (sulfide) groups is 1. The zero-order chi connectivity index (χ0) is 4.41. The van der Waals surface area contributed by atoms with Crippen LogP contribution >= 0.6 is 24.4 Å². The number of hydrogen-bond acceptors (Lipinski definition) is 3. The van der Waals surface area contributed by atoms with Crippen LogP contribution < -0.4 is 5.32 Å². The summed E-state index contributed by atoms with van der Waals surface area (Å²) in [4.78, 5) is 0. The van der Waals surface area contributed by atoms with E-state index in [9.17, 15) is 0 Å². The summed E-state index contributed by atoms with van der Waals surface area (Å²) >= 11 is 6.06. The molecule has 6 heavy (non-hydrogen) atoms. The van der Waals surface area contributed by atoms with Gasteiger partial charge >= 0.3 is 0 Å². The second-order valence-corrected chi connectivity index (χ2v) is 2.89. The van der Waals surface area contributed by atoms with Crippen molar-refractivity contribution in [3.05, 3.63) is 0 Å². The lowest BCUT2D eigenvalue weighted by molar-refractivity contribution is 0.836. The molecule has 0 spiro atoms. The van der Waals surface area contributed by atoms with Gasteiger partial charge in [0.05, 0.1) is 5.37 Å². The predicted molar refractivity (Wildman–Crippen MR) is 33.2 cm³/mol. The van der Waals surface area contributed by atoms with Crippen molar-refractivity contribution in [1.29, 1.82) is 0 Å². The monoisotopic (exact) mass is 121 g/mol. The van der Waals surface area contributed by atoms with Crippen LogP contribution in [0.25, 0.3) is 0 Å². The molecule has 0 aromatic rings. The fourth-order valence-corrected chi connectivity index (χ4v) is 1.69. The van der Waals surface area contributed by atoms with Crippen molar-refractivity contribution < 1.29 is 0 Å². The third-order valence-corrected chi connectivity index (χ3v) is 2.25. The Morgan fingerprint density at radius 2 is 2.67 bits per heavy atom. The predicted octanol–water partition coefficient (Wildman–Crippen LogP) is 0.536. The van der Waals surface area contributed by atoms with Gasteiger partial charge < -0.3 is 0 Å². The van der Waals surface area contributed by atoms with Gasteiger partial charge in [0.1, 0.15) is 0 Å². The maximum Gasteiger partial charge on any atom is 0.0601 e. The maximum atomic E-state index is 4.16. The van der Waals surface area contributed by atoms with E-state index >= 15 is 0 Å². The molecule has 0 radical (unpaired) electrons. The van der Waals surface area contributed by atoms with E-state index in [1.165, 1.54) is 0 Å². The minimum absolute atomic E-state index is 0.454. The van der Waals surface area contributed by atoms with Crippen LogP contribution in [0.5, 0.6) is 0 Å². The molecule has 1 unspecified atom stereocenters. The summed E-state index contributed by atoms with van der Waals surface area (Å²) in [7, 11) is 0. The summed E-state index contributed by atoms with van der Waals surface area (Å²) in [6, 6.07) is 0. The van der Waals surface area contributed by atoms with Crippen molar-refractivity contribution in [2.24, 2.45) is 0 Å². The van der Waals surface area contributed by atoms with E-state index in [1.54, 1.807) is 0 Å². The molecule has 0 saturated carbocycles. The Balaban J connectivity index is 2.18. The van der Waals surface area contributed by atoms with Crippen LogP contribution in [0.3, 0.4) is 0 Å². The molecule has 1 heterocycles. The minimum atomic E-state index is 0.454. The number of rotatable bonds is 0. The van der Waals surface area contributed by atoms with Crippen molar-refractivity contribution in [2.45, 2.75) is 5.37 Å². The lowest BCUT2D eigenvalue weighted by Crippen LogP contribution is -2.15. The molecule has 1 saturated heterocycles.